The average Bonchev–Trinajstić information content (AvgIpc) is 2.04. The first kappa shape index (κ1) is 10.4. The van der Waals surface area contributed by atoms with E-state index < -0.39 is 0 Å². The molecule has 1 aliphatic carbocycles. The van der Waals surface area contributed by atoms with Gasteiger partial charge in [-0.25, -0.2) is 0 Å². The maximum Gasteiger partial charge on any atom is 0.189 e. The highest BCUT2D eigenvalue weighted by atomic mass is 15.1. The molecule has 0 heterocycles. The molecule has 76 valence electrons. The molecule has 0 amide bonds. The fourth-order valence-electron chi connectivity index (χ4n) is 1.74. The molecule has 0 radical (unpaired) electrons. The highest BCUT2D eigenvalue weighted by molar-refractivity contribution is 5.78. The van der Waals surface area contributed by atoms with Gasteiger partial charge in [-0.15, -0.1) is 0 Å². The highest BCUT2D eigenvalue weighted by Crippen LogP contribution is 2.19. The van der Waals surface area contributed by atoms with E-state index in [9.17, 15) is 0 Å². The zero-order valence-electron chi connectivity index (χ0n) is 8.71. The second kappa shape index (κ2) is 5.10. The Labute approximate surface area is 80.8 Å². The quantitative estimate of drug-likeness (QED) is 0.505. The summed E-state index contributed by atoms with van der Waals surface area (Å²) in [5.41, 5.74) is 5.74. The Kier molecular flexibility index (Phi) is 4.06. The minimum atomic E-state index is 0.382. The largest absolute Gasteiger partial charge is 0.370 e. The van der Waals surface area contributed by atoms with Crippen molar-refractivity contribution in [2.45, 2.75) is 58.0 Å². The molecular formula is C10H21N3. The number of guanidine groups is 1. The Morgan fingerprint density at radius 3 is 2.46 bits per heavy atom. The molecule has 0 aromatic carbocycles. The lowest BCUT2D eigenvalue weighted by Gasteiger charge is -2.19. The molecule has 3 nitrogen and oxygen atoms in total. The summed E-state index contributed by atoms with van der Waals surface area (Å²) in [7, 11) is 0. The van der Waals surface area contributed by atoms with E-state index >= 15 is 0 Å². The number of hydrogen-bond acceptors (Lipinski definition) is 1. The standard InChI is InChI=1S/C10H21N3/c1-8(2)12-10(11)13-9-6-4-3-5-7-9/h8-9H,3-7H2,1-2H3,(H3,11,12,13). The zero-order valence-corrected chi connectivity index (χ0v) is 8.71. The van der Waals surface area contributed by atoms with E-state index in [0.717, 1.165) is 0 Å². The maximum atomic E-state index is 5.74. The fraction of sp³-hybridized carbons (Fsp3) is 0.900. The molecule has 0 saturated heterocycles. The Balaban J connectivity index is 2.34. The van der Waals surface area contributed by atoms with Crippen LogP contribution in [0.4, 0.5) is 0 Å². The predicted molar refractivity (Wildman–Crippen MR) is 56.8 cm³/mol. The molecule has 1 aliphatic rings. The lowest BCUT2D eigenvalue weighted by Crippen LogP contribution is -2.37. The molecule has 0 unspecified atom stereocenters. The first-order valence-electron chi connectivity index (χ1n) is 5.28. The number of hydrogen-bond donors (Lipinski definition) is 2. The van der Waals surface area contributed by atoms with Crippen molar-refractivity contribution >= 4 is 5.96 Å². The van der Waals surface area contributed by atoms with Gasteiger partial charge in [-0.3, -0.25) is 4.99 Å². The van der Waals surface area contributed by atoms with Crippen molar-refractivity contribution in [1.29, 1.82) is 0 Å². The second-order valence-corrected chi connectivity index (χ2v) is 4.11. The molecule has 3 heteroatoms. The van der Waals surface area contributed by atoms with Crippen molar-refractivity contribution in [1.82, 2.24) is 5.32 Å². The third-order valence-electron chi connectivity index (χ3n) is 2.33. The van der Waals surface area contributed by atoms with E-state index in [1.165, 1.54) is 32.1 Å². The van der Waals surface area contributed by atoms with E-state index in [-0.39, 0.29) is 0 Å². The number of aliphatic imine (C=N–C) groups is 1. The molecule has 0 atom stereocenters. The van der Waals surface area contributed by atoms with Gasteiger partial charge in [-0.2, -0.15) is 0 Å². The normalized spacial score (nSPS) is 20.7. The van der Waals surface area contributed by atoms with Crippen molar-refractivity contribution in [3.63, 3.8) is 0 Å². The number of nitrogens with zero attached hydrogens (tertiary/aromatic N) is 1. The highest BCUT2D eigenvalue weighted by Gasteiger charge is 2.12. The molecular weight excluding hydrogens is 162 g/mol. The van der Waals surface area contributed by atoms with Gasteiger partial charge in [0.05, 0.1) is 6.04 Å². The summed E-state index contributed by atoms with van der Waals surface area (Å²) >= 11 is 0. The number of rotatable bonds is 2. The van der Waals surface area contributed by atoms with Crippen molar-refractivity contribution in [2.75, 3.05) is 0 Å². The van der Waals surface area contributed by atoms with Crippen LogP contribution in [0.5, 0.6) is 0 Å². The van der Waals surface area contributed by atoms with E-state index in [0.29, 0.717) is 18.0 Å². The molecule has 0 aromatic rings. The molecule has 0 aromatic heterocycles. The topological polar surface area (TPSA) is 50.4 Å². The second-order valence-electron chi connectivity index (χ2n) is 4.11. The van der Waals surface area contributed by atoms with Gasteiger partial charge in [-0.1, -0.05) is 19.3 Å². The Morgan fingerprint density at radius 2 is 1.92 bits per heavy atom. The van der Waals surface area contributed by atoms with Crippen LogP contribution in [0.25, 0.3) is 0 Å². The molecule has 1 saturated carbocycles. The van der Waals surface area contributed by atoms with E-state index in [1.54, 1.807) is 0 Å². The molecule has 13 heavy (non-hydrogen) atoms. The van der Waals surface area contributed by atoms with Crippen molar-refractivity contribution in [3.05, 3.63) is 0 Å². The van der Waals surface area contributed by atoms with Crippen molar-refractivity contribution in [3.8, 4) is 0 Å². The number of nitrogens with one attached hydrogen (secondary N) is 1. The molecule has 0 aliphatic heterocycles. The number of nitrogens with two attached hydrogens (primary N) is 1. The Hall–Kier alpha value is -0.730. The zero-order chi connectivity index (χ0) is 9.68. The smallest absolute Gasteiger partial charge is 0.189 e. The molecule has 0 bridgehead atoms. The Bertz CT molecular complexity index is 169. The first-order valence-corrected chi connectivity index (χ1v) is 5.28. The minimum absolute atomic E-state index is 0.382. The summed E-state index contributed by atoms with van der Waals surface area (Å²) in [6, 6.07) is 0.854. The van der Waals surface area contributed by atoms with Gasteiger partial charge in [0.2, 0.25) is 0 Å². The SMILES string of the molecule is CC(C)NC(N)=NC1CCCCC1. The summed E-state index contributed by atoms with van der Waals surface area (Å²) in [6.07, 6.45) is 6.40. The molecule has 1 fully saturated rings. The summed E-state index contributed by atoms with van der Waals surface area (Å²) < 4.78 is 0. The van der Waals surface area contributed by atoms with Crippen LogP contribution in [-0.2, 0) is 0 Å². The maximum absolute atomic E-state index is 5.74. The molecule has 3 N–H and O–H groups in total. The van der Waals surface area contributed by atoms with Crippen LogP contribution in [0.1, 0.15) is 46.0 Å². The average molecular weight is 183 g/mol. The monoisotopic (exact) mass is 183 g/mol. The van der Waals surface area contributed by atoms with Crippen LogP contribution in [0.15, 0.2) is 4.99 Å². The van der Waals surface area contributed by atoms with E-state index in [1.807, 2.05) is 0 Å². The van der Waals surface area contributed by atoms with Crippen LogP contribution in [-0.4, -0.2) is 18.0 Å². The van der Waals surface area contributed by atoms with Crippen LogP contribution in [0.3, 0.4) is 0 Å². The van der Waals surface area contributed by atoms with Gasteiger partial charge in [0.1, 0.15) is 0 Å². The lowest BCUT2D eigenvalue weighted by molar-refractivity contribution is 0.441. The van der Waals surface area contributed by atoms with Gasteiger partial charge >= 0.3 is 0 Å². The van der Waals surface area contributed by atoms with E-state index in [4.69, 9.17) is 5.73 Å². The summed E-state index contributed by atoms with van der Waals surface area (Å²) in [4.78, 5) is 4.46. The summed E-state index contributed by atoms with van der Waals surface area (Å²) in [5, 5.41) is 3.12. The van der Waals surface area contributed by atoms with Gasteiger partial charge < -0.3 is 11.1 Å². The van der Waals surface area contributed by atoms with Crippen LogP contribution >= 0.6 is 0 Å². The third-order valence-corrected chi connectivity index (χ3v) is 2.33. The first-order chi connectivity index (χ1) is 6.18. The van der Waals surface area contributed by atoms with Crippen molar-refractivity contribution < 1.29 is 0 Å². The minimum Gasteiger partial charge on any atom is -0.370 e. The fourth-order valence-corrected chi connectivity index (χ4v) is 1.74. The third kappa shape index (κ3) is 4.15. The molecule has 1 rings (SSSR count). The van der Waals surface area contributed by atoms with Gasteiger partial charge in [0, 0.05) is 6.04 Å². The predicted octanol–water partition coefficient (Wildman–Crippen LogP) is 1.63. The van der Waals surface area contributed by atoms with Gasteiger partial charge in [-0.05, 0) is 26.7 Å². The van der Waals surface area contributed by atoms with Crippen LogP contribution in [0.2, 0.25) is 0 Å². The van der Waals surface area contributed by atoms with Gasteiger partial charge in [0.25, 0.3) is 0 Å². The summed E-state index contributed by atoms with van der Waals surface area (Å²) in [5.74, 6) is 0.613. The van der Waals surface area contributed by atoms with Crippen LogP contribution < -0.4 is 11.1 Å². The van der Waals surface area contributed by atoms with Gasteiger partial charge in [0.15, 0.2) is 5.96 Å². The van der Waals surface area contributed by atoms with Crippen LogP contribution in [0, 0.1) is 0 Å². The Morgan fingerprint density at radius 1 is 1.31 bits per heavy atom. The lowest BCUT2D eigenvalue weighted by atomic mass is 9.96. The van der Waals surface area contributed by atoms with E-state index in [2.05, 4.69) is 24.2 Å². The summed E-state index contributed by atoms with van der Waals surface area (Å²) in [6.45, 7) is 4.15. The van der Waals surface area contributed by atoms with Crippen molar-refractivity contribution in [2.24, 2.45) is 10.7 Å². The molecule has 0 spiro atoms.